The maximum Gasteiger partial charge on any atom is 0.220 e. The van der Waals surface area contributed by atoms with E-state index in [1.807, 2.05) is 12.1 Å². The third-order valence-electron chi connectivity index (χ3n) is 4.25. The molecule has 1 aromatic rings. The molecule has 2 unspecified atom stereocenters. The summed E-state index contributed by atoms with van der Waals surface area (Å²) < 4.78 is 0. The van der Waals surface area contributed by atoms with Crippen LogP contribution in [0.15, 0.2) is 24.5 Å². The number of rotatable bonds is 6. The first-order valence-electron chi connectivity index (χ1n) is 7.56. The molecular weight excluding hydrogens is 252 g/mol. The Bertz CT molecular complexity index is 408. The van der Waals surface area contributed by atoms with Crippen molar-refractivity contribution in [2.75, 3.05) is 13.2 Å². The molecule has 4 heteroatoms. The van der Waals surface area contributed by atoms with Crippen LogP contribution in [0.5, 0.6) is 0 Å². The summed E-state index contributed by atoms with van der Waals surface area (Å²) in [4.78, 5) is 15.8. The quantitative estimate of drug-likeness (QED) is 0.834. The van der Waals surface area contributed by atoms with Crippen LogP contribution in [0.2, 0.25) is 0 Å². The van der Waals surface area contributed by atoms with Crippen molar-refractivity contribution in [3.8, 4) is 0 Å². The highest BCUT2D eigenvalue weighted by Crippen LogP contribution is 2.29. The van der Waals surface area contributed by atoms with Crippen LogP contribution in [0.3, 0.4) is 0 Å². The van der Waals surface area contributed by atoms with Gasteiger partial charge in [-0.1, -0.05) is 12.8 Å². The Morgan fingerprint density at radius 1 is 1.25 bits per heavy atom. The van der Waals surface area contributed by atoms with Crippen molar-refractivity contribution in [3.05, 3.63) is 30.1 Å². The molecule has 1 aromatic heterocycles. The minimum Gasteiger partial charge on any atom is -0.396 e. The van der Waals surface area contributed by atoms with E-state index in [4.69, 9.17) is 0 Å². The van der Waals surface area contributed by atoms with Crippen LogP contribution in [0, 0.1) is 11.8 Å². The lowest BCUT2D eigenvalue weighted by molar-refractivity contribution is -0.121. The number of pyridine rings is 1. The van der Waals surface area contributed by atoms with Crippen LogP contribution in [-0.2, 0) is 11.2 Å². The highest BCUT2D eigenvalue weighted by Gasteiger charge is 2.24. The van der Waals surface area contributed by atoms with Gasteiger partial charge in [0.2, 0.25) is 5.91 Å². The van der Waals surface area contributed by atoms with E-state index < -0.39 is 0 Å². The van der Waals surface area contributed by atoms with Gasteiger partial charge in [0.1, 0.15) is 0 Å². The second-order valence-corrected chi connectivity index (χ2v) is 5.65. The Labute approximate surface area is 120 Å². The highest BCUT2D eigenvalue weighted by molar-refractivity contribution is 5.76. The molecule has 110 valence electrons. The molecule has 0 bridgehead atoms. The molecule has 0 radical (unpaired) electrons. The van der Waals surface area contributed by atoms with Crippen LogP contribution >= 0.6 is 0 Å². The van der Waals surface area contributed by atoms with E-state index in [2.05, 4.69) is 10.3 Å². The van der Waals surface area contributed by atoms with E-state index in [0.29, 0.717) is 24.8 Å². The molecule has 1 aliphatic carbocycles. The van der Waals surface area contributed by atoms with Gasteiger partial charge in [0.25, 0.3) is 0 Å². The monoisotopic (exact) mass is 276 g/mol. The van der Waals surface area contributed by atoms with Crippen molar-refractivity contribution in [1.82, 2.24) is 10.3 Å². The van der Waals surface area contributed by atoms with Gasteiger partial charge in [-0.25, -0.2) is 0 Å². The number of aliphatic hydroxyl groups is 1. The molecule has 2 rings (SSSR count). The van der Waals surface area contributed by atoms with Crippen molar-refractivity contribution in [2.24, 2.45) is 11.8 Å². The summed E-state index contributed by atoms with van der Waals surface area (Å²) in [6.45, 7) is 0.956. The molecule has 1 heterocycles. The van der Waals surface area contributed by atoms with Crippen molar-refractivity contribution in [2.45, 2.75) is 38.5 Å². The van der Waals surface area contributed by atoms with Crippen LogP contribution in [0.4, 0.5) is 0 Å². The van der Waals surface area contributed by atoms with Gasteiger partial charge in [-0.2, -0.15) is 0 Å². The first kappa shape index (κ1) is 15.0. The zero-order valence-corrected chi connectivity index (χ0v) is 11.9. The highest BCUT2D eigenvalue weighted by atomic mass is 16.3. The zero-order valence-electron chi connectivity index (χ0n) is 11.9. The van der Waals surface area contributed by atoms with Gasteiger partial charge >= 0.3 is 0 Å². The van der Waals surface area contributed by atoms with Gasteiger partial charge in [-0.3, -0.25) is 9.78 Å². The average Bonchev–Trinajstić information content (AvgIpc) is 2.52. The maximum atomic E-state index is 11.9. The fourth-order valence-electron chi connectivity index (χ4n) is 2.93. The normalized spacial score (nSPS) is 22.4. The van der Waals surface area contributed by atoms with Crippen molar-refractivity contribution in [3.63, 3.8) is 0 Å². The second-order valence-electron chi connectivity index (χ2n) is 5.65. The molecule has 0 spiro atoms. The molecule has 20 heavy (non-hydrogen) atoms. The molecule has 0 aromatic carbocycles. The molecule has 2 N–H and O–H groups in total. The minimum absolute atomic E-state index is 0.101. The molecule has 0 aliphatic heterocycles. The topological polar surface area (TPSA) is 62.2 Å². The van der Waals surface area contributed by atoms with Gasteiger partial charge < -0.3 is 10.4 Å². The van der Waals surface area contributed by atoms with E-state index in [9.17, 15) is 9.90 Å². The van der Waals surface area contributed by atoms with Crippen molar-refractivity contribution >= 4 is 5.91 Å². The van der Waals surface area contributed by atoms with Gasteiger partial charge in [0.15, 0.2) is 0 Å². The SMILES string of the molecule is O=C(CCc1ccncc1)NCC1CCCCC1CO. The van der Waals surface area contributed by atoms with Gasteiger partial charge in [-0.15, -0.1) is 0 Å². The Balaban J connectivity index is 1.69. The zero-order chi connectivity index (χ0) is 14.2. The van der Waals surface area contributed by atoms with Gasteiger partial charge in [0, 0.05) is 32.0 Å². The fraction of sp³-hybridized carbons (Fsp3) is 0.625. The molecule has 1 fully saturated rings. The number of aliphatic hydroxyl groups excluding tert-OH is 1. The smallest absolute Gasteiger partial charge is 0.220 e. The number of aromatic nitrogens is 1. The lowest BCUT2D eigenvalue weighted by Crippen LogP contribution is -2.35. The largest absolute Gasteiger partial charge is 0.396 e. The second kappa shape index (κ2) is 8.00. The van der Waals surface area contributed by atoms with E-state index in [1.54, 1.807) is 12.4 Å². The lowest BCUT2D eigenvalue weighted by atomic mass is 9.79. The number of amides is 1. The molecule has 1 aliphatic rings. The summed E-state index contributed by atoms with van der Waals surface area (Å²) in [5.41, 5.74) is 1.14. The first-order valence-corrected chi connectivity index (χ1v) is 7.56. The predicted molar refractivity (Wildman–Crippen MR) is 78.1 cm³/mol. The van der Waals surface area contributed by atoms with Crippen molar-refractivity contribution in [1.29, 1.82) is 0 Å². The molecule has 2 atom stereocenters. The maximum absolute atomic E-state index is 11.9. The van der Waals surface area contributed by atoms with Gasteiger partial charge in [-0.05, 0) is 48.8 Å². The summed E-state index contributed by atoms with van der Waals surface area (Å²) >= 11 is 0. The standard InChI is InChI=1S/C16H24N2O2/c19-12-15-4-2-1-3-14(15)11-18-16(20)6-5-13-7-9-17-10-8-13/h7-10,14-15,19H,1-6,11-12H2,(H,18,20). The fourth-order valence-corrected chi connectivity index (χ4v) is 2.93. The van der Waals surface area contributed by atoms with Crippen LogP contribution in [0.25, 0.3) is 0 Å². The number of carbonyl (C=O) groups excluding carboxylic acids is 1. The molecule has 1 saturated carbocycles. The van der Waals surface area contributed by atoms with E-state index in [1.165, 1.54) is 12.8 Å². The summed E-state index contributed by atoms with van der Waals surface area (Å²) in [6.07, 6.45) is 9.40. The third-order valence-corrected chi connectivity index (χ3v) is 4.25. The summed E-state index contributed by atoms with van der Waals surface area (Å²) in [5, 5.41) is 12.4. The molecule has 1 amide bonds. The Morgan fingerprint density at radius 2 is 1.95 bits per heavy atom. The first-order chi connectivity index (χ1) is 9.79. The average molecular weight is 276 g/mol. The molecular formula is C16H24N2O2. The predicted octanol–water partition coefficient (Wildman–Crippen LogP) is 1.93. The number of nitrogens with one attached hydrogen (secondary N) is 1. The number of nitrogens with zero attached hydrogens (tertiary/aromatic N) is 1. The van der Waals surface area contributed by atoms with Gasteiger partial charge in [0.05, 0.1) is 0 Å². The number of hydrogen-bond acceptors (Lipinski definition) is 3. The van der Waals surface area contributed by atoms with E-state index in [0.717, 1.165) is 24.8 Å². The summed E-state index contributed by atoms with van der Waals surface area (Å²) in [7, 11) is 0. The van der Waals surface area contributed by atoms with Crippen molar-refractivity contribution < 1.29 is 9.90 Å². The molecule has 0 saturated heterocycles. The number of carbonyl (C=O) groups is 1. The van der Waals surface area contributed by atoms with Crippen LogP contribution < -0.4 is 5.32 Å². The van der Waals surface area contributed by atoms with Crippen LogP contribution in [0.1, 0.15) is 37.7 Å². The van der Waals surface area contributed by atoms with Crippen LogP contribution in [-0.4, -0.2) is 29.1 Å². The van der Waals surface area contributed by atoms with E-state index >= 15 is 0 Å². The number of hydrogen-bond donors (Lipinski definition) is 2. The summed E-state index contributed by atoms with van der Waals surface area (Å²) in [6, 6.07) is 3.88. The minimum atomic E-state index is 0.101. The van der Waals surface area contributed by atoms with E-state index in [-0.39, 0.29) is 12.5 Å². The lowest BCUT2D eigenvalue weighted by Gasteiger charge is -2.30. The molecule has 4 nitrogen and oxygen atoms in total. The third kappa shape index (κ3) is 4.60. The Hall–Kier alpha value is -1.42. The Morgan fingerprint density at radius 3 is 2.65 bits per heavy atom. The Kier molecular flexibility index (Phi) is 5.99. The number of aryl methyl sites for hydroxylation is 1. The summed E-state index contributed by atoms with van der Waals surface area (Å²) in [5.74, 6) is 0.909.